The third kappa shape index (κ3) is 5.48. The van der Waals surface area contributed by atoms with Crippen LogP contribution < -0.4 is 11.5 Å². The van der Waals surface area contributed by atoms with Gasteiger partial charge in [-0.25, -0.2) is 9.97 Å². The van der Waals surface area contributed by atoms with Gasteiger partial charge in [-0.1, -0.05) is 55.5 Å². The van der Waals surface area contributed by atoms with E-state index in [9.17, 15) is 9.59 Å². The second-order valence-corrected chi connectivity index (χ2v) is 19.8. The second kappa shape index (κ2) is 12.1. The van der Waals surface area contributed by atoms with Gasteiger partial charge >= 0.3 is 0 Å². The van der Waals surface area contributed by atoms with Gasteiger partial charge in [0.1, 0.15) is 11.6 Å². The zero-order valence-corrected chi connectivity index (χ0v) is 32.3. The Hall–Kier alpha value is -4.28. The molecule has 6 unspecified atom stereocenters. The summed E-state index contributed by atoms with van der Waals surface area (Å²) in [6.07, 6.45) is 16.2. The first kappa shape index (κ1) is 33.8. The van der Waals surface area contributed by atoms with Gasteiger partial charge in [0.2, 0.25) is 11.8 Å². The highest BCUT2D eigenvalue weighted by Gasteiger charge is 2.64. The summed E-state index contributed by atoms with van der Waals surface area (Å²) in [5.41, 5.74) is 19.9. The fraction of sp³-hybridized carbons (Fsp3) is 0.565. The van der Waals surface area contributed by atoms with Crippen molar-refractivity contribution in [2.24, 2.45) is 58.3 Å². The topological polar surface area (TPSA) is 150 Å². The second-order valence-electron chi connectivity index (χ2n) is 19.8. The molecule has 2 aromatic heterocycles. The van der Waals surface area contributed by atoms with Gasteiger partial charge in [-0.2, -0.15) is 0 Å². The fourth-order valence-corrected chi connectivity index (χ4v) is 12.4. The van der Waals surface area contributed by atoms with Crippen molar-refractivity contribution < 1.29 is 9.59 Å². The molecule has 56 heavy (non-hydrogen) atoms. The summed E-state index contributed by atoms with van der Waals surface area (Å²) in [6.45, 7) is 2.31. The van der Waals surface area contributed by atoms with Crippen LogP contribution in [0, 0.1) is 46.8 Å². The lowest BCUT2D eigenvalue weighted by Crippen LogP contribution is -2.51. The number of benzene rings is 2. The zero-order valence-electron chi connectivity index (χ0n) is 32.3. The predicted octanol–water partition coefficient (Wildman–Crippen LogP) is 6.98. The normalized spacial score (nSPS) is 38.0. The lowest BCUT2D eigenvalue weighted by molar-refractivity contribution is -0.139. The molecule has 6 aliphatic carbocycles. The maximum absolute atomic E-state index is 13.9. The van der Waals surface area contributed by atoms with Crippen LogP contribution in [0.5, 0.6) is 0 Å². The number of H-pyrrole nitrogens is 2. The maximum Gasteiger partial charge on any atom is 0.240 e. The first-order valence-electron chi connectivity index (χ1n) is 21.7. The number of carbonyl (C=O) groups is 2. The zero-order chi connectivity index (χ0) is 37.6. The number of nitrogens with zero attached hydrogens (tertiary/aromatic N) is 4. The molecule has 8 aliphatic rings. The van der Waals surface area contributed by atoms with E-state index in [4.69, 9.17) is 21.4 Å². The number of hydrogen-bond acceptors (Lipinski definition) is 6. The summed E-state index contributed by atoms with van der Waals surface area (Å²) < 4.78 is 0. The Kier molecular flexibility index (Phi) is 7.32. The van der Waals surface area contributed by atoms with Crippen molar-refractivity contribution in [3.8, 4) is 33.6 Å². The summed E-state index contributed by atoms with van der Waals surface area (Å²) in [6, 6.07) is 16.9. The molecule has 2 amide bonds. The van der Waals surface area contributed by atoms with Crippen molar-refractivity contribution in [1.82, 2.24) is 29.7 Å². The molecule has 4 aromatic rings. The quantitative estimate of drug-likeness (QED) is 0.145. The van der Waals surface area contributed by atoms with Crippen molar-refractivity contribution in [2.75, 3.05) is 0 Å². The van der Waals surface area contributed by atoms with Gasteiger partial charge in [0, 0.05) is 12.1 Å². The largest absolute Gasteiger partial charge is 0.340 e. The summed E-state index contributed by atoms with van der Waals surface area (Å²) in [4.78, 5) is 48.9. The number of nitrogens with one attached hydrogen (secondary N) is 2. The molecule has 2 aliphatic heterocycles. The smallest absolute Gasteiger partial charge is 0.240 e. The Bertz CT molecular complexity index is 2060. The van der Waals surface area contributed by atoms with E-state index in [0.29, 0.717) is 23.8 Å². The molecular weight excluding hydrogens is 697 g/mol. The minimum absolute atomic E-state index is 0.0375. The van der Waals surface area contributed by atoms with Gasteiger partial charge < -0.3 is 31.2 Å². The third-order valence-corrected chi connectivity index (χ3v) is 16.2. The molecule has 6 saturated carbocycles. The van der Waals surface area contributed by atoms with Crippen molar-refractivity contribution >= 4 is 11.8 Å². The lowest BCUT2D eigenvalue weighted by Gasteiger charge is -2.37. The predicted molar refractivity (Wildman–Crippen MR) is 213 cm³/mol. The summed E-state index contributed by atoms with van der Waals surface area (Å²) in [7, 11) is 0. The van der Waals surface area contributed by atoms with Gasteiger partial charge in [0.25, 0.3) is 0 Å². The van der Waals surface area contributed by atoms with E-state index in [1.807, 2.05) is 12.4 Å². The average molecular weight is 751 g/mol. The summed E-state index contributed by atoms with van der Waals surface area (Å²) in [5.74, 6) is 6.56. The standard InChI is InChI=1S/C46H54N8O2/c1-46-19-38(54(39(46)20-46)45(56)41(48)33-16-30-13-31(30)17-33)43-50-22-35(52-43)26-8-4-24(5-9-26)23-2-6-25(7-3-23)34-21-49-42(51-34)36-11-10-27-18-37(27)53(36)44(55)40(47)32-14-28-12-29(28)15-32/h2-9,21-22,27-33,36-41H,10-20,47-48H2,1H3,(H,49,51)(H,50,52)/t27?,28-,29+,30-,31+,32?,33?,36-,37+,38-,39+,40?,41?,46?/m0/s1. The van der Waals surface area contributed by atoms with Crippen LogP contribution in [0.3, 0.4) is 0 Å². The van der Waals surface area contributed by atoms with Crippen LogP contribution in [-0.4, -0.2) is 65.7 Å². The van der Waals surface area contributed by atoms with Gasteiger partial charge in [-0.3, -0.25) is 9.59 Å². The van der Waals surface area contributed by atoms with E-state index >= 15 is 0 Å². The maximum atomic E-state index is 13.9. The summed E-state index contributed by atoms with van der Waals surface area (Å²) in [5, 5.41) is 0. The summed E-state index contributed by atoms with van der Waals surface area (Å²) >= 11 is 0. The van der Waals surface area contributed by atoms with E-state index in [1.54, 1.807) is 0 Å². The fourth-order valence-electron chi connectivity index (χ4n) is 12.4. The van der Waals surface area contributed by atoms with E-state index in [0.717, 1.165) is 127 Å². The van der Waals surface area contributed by atoms with Crippen molar-refractivity contribution in [3.05, 3.63) is 72.6 Å². The van der Waals surface area contributed by atoms with Crippen LogP contribution in [-0.2, 0) is 9.59 Å². The van der Waals surface area contributed by atoms with E-state index < -0.39 is 6.04 Å². The average Bonchev–Trinajstić information content (AvgIpc) is 4.18. The van der Waals surface area contributed by atoms with Gasteiger partial charge in [0.05, 0.1) is 47.9 Å². The van der Waals surface area contributed by atoms with Crippen LogP contribution >= 0.6 is 0 Å². The number of aromatic amines is 2. The molecule has 8 fully saturated rings. The van der Waals surface area contributed by atoms with Crippen molar-refractivity contribution in [1.29, 1.82) is 0 Å². The number of piperidine rings is 2. The van der Waals surface area contributed by atoms with Crippen molar-refractivity contribution in [2.45, 2.75) is 114 Å². The Balaban J connectivity index is 0.720. The Labute approximate surface area is 328 Å². The highest BCUT2D eigenvalue weighted by Crippen LogP contribution is 2.63. The molecule has 4 heterocycles. The Morgan fingerprint density at radius 2 is 1.11 bits per heavy atom. The van der Waals surface area contributed by atoms with E-state index in [2.05, 4.69) is 75.2 Å². The lowest BCUT2D eigenvalue weighted by atomic mass is 9.92. The Morgan fingerprint density at radius 1 is 0.625 bits per heavy atom. The number of aromatic nitrogens is 4. The number of likely N-dealkylation sites (tertiary alicyclic amines) is 2. The molecule has 290 valence electrons. The van der Waals surface area contributed by atoms with Gasteiger partial charge in [-0.05, 0) is 140 Å². The van der Waals surface area contributed by atoms with Crippen LogP contribution in [0.1, 0.15) is 101 Å². The monoisotopic (exact) mass is 750 g/mol. The first-order chi connectivity index (χ1) is 27.2. The molecule has 0 spiro atoms. The molecule has 14 atom stereocenters. The van der Waals surface area contributed by atoms with Crippen LogP contribution in [0.25, 0.3) is 33.6 Å². The van der Waals surface area contributed by atoms with Gasteiger partial charge in [-0.15, -0.1) is 0 Å². The highest BCUT2D eigenvalue weighted by molar-refractivity contribution is 5.84. The number of carbonyl (C=O) groups excluding carboxylic acids is 2. The number of amides is 2. The van der Waals surface area contributed by atoms with E-state index in [1.165, 1.54) is 12.8 Å². The van der Waals surface area contributed by atoms with Crippen LogP contribution in [0.4, 0.5) is 0 Å². The first-order valence-corrected chi connectivity index (χ1v) is 21.7. The van der Waals surface area contributed by atoms with E-state index in [-0.39, 0.29) is 41.4 Å². The molecular formula is C46H54N8O2. The van der Waals surface area contributed by atoms with Crippen LogP contribution in [0.2, 0.25) is 0 Å². The number of rotatable bonds is 9. The van der Waals surface area contributed by atoms with Crippen LogP contribution in [0.15, 0.2) is 60.9 Å². The minimum Gasteiger partial charge on any atom is -0.340 e. The highest BCUT2D eigenvalue weighted by atomic mass is 16.2. The molecule has 12 rings (SSSR count). The molecule has 0 bridgehead atoms. The molecule has 2 aromatic carbocycles. The third-order valence-electron chi connectivity index (χ3n) is 16.2. The minimum atomic E-state index is -0.396. The molecule has 10 nitrogen and oxygen atoms in total. The number of hydrogen-bond donors (Lipinski definition) is 4. The number of fused-ring (bicyclic) bond motifs is 4. The number of imidazole rings is 2. The Morgan fingerprint density at radius 3 is 1.64 bits per heavy atom. The SMILES string of the molecule is CC12C[C@@H](c3ncc(-c4ccc(-c5ccc(-c6cnc([C@@H]7CCC8C[C@H]8N7C(=O)C(N)C7C[C@@H]8C[C@@H]8C7)[nH]6)cc5)cc4)[nH]3)N(C(=O)C(N)C3C[C@@H]4C[C@@H]4C3)[C@@H]1C2. The molecule has 0 radical (unpaired) electrons. The van der Waals surface area contributed by atoms with Gasteiger partial charge in [0.15, 0.2) is 0 Å². The molecule has 2 saturated heterocycles. The van der Waals surface area contributed by atoms with Crippen molar-refractivity contribution in [3.63, 3.8) is 0 Å². The molecule has 10 heteroatoms. The number of nitrogens with two attached hydrogens (primary N) is 2. The molecule has 6 N–H and O–H groups in total.